The van der Waals surface area contributed by atoms with Crippen LogP contribution < -0.4 is 5.32 Å². The van der Waals surface area contributed by atoms with E-state index in [0.717, 1.165) is 25.7 Å². The van der Waals surface area contributed by atoms with Gasteiger partial charge in [-0.3, -0.25) is 4.79 Å². The van der Waals surface area contributed by atoms with Crippen molar-refractivity contribution >= 4 is 5.91 Å². The van der Waals surface area contributed by atoms with Crippen molar-refractivity contribution in [3.63, 3.8) is 0 Å². The average Bonchev–Trinajstić information content (AvgIpc) is 3.23. The van der Waals surface area contributed by atoms with E-state index in [1.807, 2.05) is 6.08 Å². The molecule has 59 heavy (non-hydrogen) atoms. The molecule has 0 fully saturated rings. The van der Waals surface area contributed by atoms with Gasteiger partial charge in [-0.1, -0.05) is 289 Å². The molecule has 0 bridgehead atoms. The van der Waals surface area contributed by atoms with E-state index >= 15 is 0 Å². The Bertz CT molecular complexity index is 833. The number of unbranched alkanes of at least 4 members (excludes halogenated alkanes) is 41. The highest BCUT2D eigenvalue weighted by Crippen LogP contribution is 2.18. The zero-order valence-electron chi connectivity index (χ0n) is 40.2. The second-order valence-electron chi connectivity index (χ2n) is 18.9. The van der Waals surface area contributed by atoms with Crippen LogP contribution in [0.3, 0.4) is 0 Å². The summed E-state index contributed by atoms with van der Waals surface area (Å²) in [6.45, 7) is 4.25. The first-order chi connectivity index (χ1) is 29.0. The van der Waals surface area contributed by atoms with Crippen LogP contribution in [-0.4, -0.2) is 46.1 Å². The summed E-state index contributed by atoms with van der Waals surface area (Å²) in [5.74, 6) is -0.309. The second-order valence-corrected chi connectivity index (χ2v) is 18.9. The lowest BCUT2D eigenvalue weighted by Crippen LogP contribution is -2.45. The zero-order valence-corrected chi connectivity index (χ0v) is 40.2. The number of carbonyl (C=O) groups excluding carboxylic acids is 1. The Balaban J connectivity index is 3.55. The molecule has 0 aliphatic heterocycles. The summed E-state index contributed by atoms with van der Waals surface area (Å²) in [6.07, 6.45) is 61.0. The van der Waals surface area contributed by atoms with Crippen LogP contribution in [0.25, 0.3) is 0 Å². The number of amides is 1. The molecule has 352 valence electrons. The van der Waals surface area contributed by atoms with Crippen molar-refractivity contribution in [3.05, 3.63) is 12.2 Å². The average molecular weight is 834 g/mol. The first kappa shape index (κ1) is 58.1. The van der Waals surface area contributed by atoms with Gasteiger partial charge in [0.15, 0.2) is 0 Å². The van der Waals surface area contributed by atoms with Gasteiger partial charge in [-0.2, -0.15) is 0 Å². The lowest BCUT2D eigenvalue weighted by atomic mass is 10.0. The van der Waals surface area contributed by atoms with E-state index in [9.17, 15) is 20.1 Å². The second kappa shape index (κ2) is 49.7. The Kier molecular flexibility index (Phi) is 49.0. The fraction of sp³-hybridized carbons (Fsp3) is 0.944. The topological polar surface area (TPSA) is 89.8 Å². The number of carbonyl (C=O) groups is 1. The molecule has 0 aromatic heterocycles. The van der Waals surface area contributed by atoms with Gasteiger partial charge >= 0.3 is 0 Å². The molecular weight excluding hydrogens is 727 g/mol. The van der Waals surface area contributed by atoms with Crippen LogP contribution in [0.4, 0.5) is 0 Å². The normalized spacial score (nSPS) is 13.4. The van der Waals surface area contributed by atoms with Crippen LogP contribution in [0.15, 0.2) is 12.2 Å². The van der Waals surface area contributed by atoms with Crippen LogP contribution in [0.2, 0.25) is 0 Å². The van der Waals surface area contributed by atoms with Crippen LogP contribution in [0.1, 0.15) is 303 Å². The molecule has 0 aromatic rings. The number of rotatable bonds is 50. The number of hydrogen-bond acceptors (Lipinski definition) is 4. The highest BCUT2D eigenvalue weighted by molar-refractivity contribution is 5.76. The minimum atomic E-state index is -0.926. The highest BCUT2D eigenvalue weighted by atomic mass is 16.3. The van der Waals surface area contributed by atoms with E-state index in [2.05, 4.69) is 19.2 Å². The van der Waals surface area contributed by atoms with Crippen molar-refractivity contribution in [1.82, 2.24) is 5.32 Å². The molecular formula is C54H107NO4. The molecule has 0 saturated heterocycles. The Labute approximate surface area is 369 Å². The number of allylic oxidation sites excluding steroid dienone is 1. The van der Waals surface area contributed by atoms with Crippen LogP contribution in [-0.2, 0) is 4.79 Å². The molecule has 0 spiro atoms. The Morgan fingerprint density at radius 1 is 0.424 bits per heavy atom. The third-order valence-electron chi connectivity index (χ3n) is 12.8. The molecule has 0 heterocycles. The Hall–Kier alpha value is -0.910. The summed E-state index contributed by atoms with van der Waals surface area (Å²) in [4.78, 5) is 12.5. The van der Waals surface area contributed by atoms with E-state index in [-0.39, 0.29) is 18.9 Å². The maximum absolute atomic E-state index is 12.5. The fourth-order valence-electron chi connectivity index (χ4n) is 8.70. The monoisotopic (exact) mass is 834 g/mol. The van der Waals surface area contributed by atoms with E-state index in [1.54, 1.807) is 6.08 Å². The van der Waals surface area contributed by atoms with Crippen molar-refractivity contribution in [2.75, 3.05) is 6.61 Å². The summed E-state index contributed by atoms with van der Waals surface area (Å²) in [5.41, 5.74) is 0. The lowest BCUT2D eigenvalue weighted by molar-refractivity contribution is -0.124. The van der Waals surface area contributed by atoms with Gasteiger partial charge in [0.2, 0.25) is 5.91 Å². The van der Waals surface area contributed by atoms with Crippen LogP contribution in [0, 0.1) is 0 Å². The van der Waals surface area contributed by atoms with Crippen molar-refractivity contribution in [2.45, 2.75) is 321 Å². The molecule has 0 aliphatic carbocycles. The first-order valence-electron chi connectivity index (χ1n) is 27.0. The standard InChI is InChI=1S/C54H107NO4/c1-3-5-7-9-11-13-15-17-19-21-23-24-25-26-27-28-30-32-34-36-38-40-42-44-46-48-53(58)52(50-56)55-54(59)49-51(57)47-45-43-41-39-37-35-33-31-29-22-20-18-16-14-12-10-8-6-4-2/h46,48,51-53,56-58H,3-45,47,49-50H2,1-2H3,(H,55,59)/b48-46+. The number of hydrogen-bond donors (Lipinski definition) is 4. The molecule has 5 nitrogen and oxygen atoms in total. The van der Waals surface area contributed by atoms with Crippen molar-refractivity contribution in [2.24, 2.45) is 0 Å². The van der Waals surface area contributed by atoms with E-state index in [4.69, 9.17) is 0 Å². The fourth-order valence-corrected chi connectivity index (χ4v) is 8.70. The molecule has 0 aromatic carbocycles. The molecule has 3 atom stereocenters. The van der Waals surface area contributed by atoms with Gasteiger partial charge in [0, 0.05) is 0 Å². The summed E-state index contributed by atoms with van der Waals surface area (Å²) < 4.78 is 0. The molecule has 3 unspecified atom stereocenters. The van der Waals surface area contributed by atoms with E-state index in [0.29, 0.717) is 6.42 Å². The van der Waals surface area contributed by atoms with Crippen molar-refractivity contribution < 1.29 is 20.1 Å². The molecule has 0 radical (unpaired) electrons. The minimum Gasteiger partial charge on any atom is -0.394 e. The minimum absolute atomic E-state index is 0.0193. The van der Waals surface area contributed by atoms with Gasteiger partial charge in [-0.25, -0.2) is 0 Å². The summed E-state index contributed by atoms with van der Waals surface area (Å²) in [5, 5.41) is 33.4. The number of nitrogens with one attached hydrogen (secondary N) is 1. The summed E-state index contributed by atoms with van der Waals surface area (Å²) >= 11 is 0. The Morgan fingerprint density at radius 2 is 0.695 bits per heavy atom. The predicted molar refractivity (Wildman–Crippen MR) is 259 cm³/mol. The molecule has 5 heteroatoms. The van der Waals surface area contributed by atoms with Gasteiger partial charge in [0.1, 0.15) is 0 Å². The molecule has 0 saturated carbocycles. The third kappa shape index (κ3) is 46.4. The summed E-state index contributed by atoms with van der Waals surface area (Å²) in [6, 6.07) is -0.741. The van der Waals surface area contributed by atoms with Crippen LogP contribution in [0.5, 0.6) is 0 Å². The smallest absolute Gasteiger partial charge is 0.222 e. The van der Waals surface area contributed by atoms with Gasteiger partial charge < -0.3 is 20.6 Å². The van der Waals surface area contributed by atoms with E-state index in [1.165, 1.54) is 250 Å². The largest absolute Gasteiger partial charge is 0.394 e. The van der Waals surface area contributed by atoms with Gasteiger partial charge in [0.05, 0.1) is 31.3 Å². The van der Waals surface area contributed by atoms with Gasteiger partial charge in [-0.05, 0) is 19.3 Å². The quantitative estimate of drug-likeness (QED) is 0.0363. The first-order valence-corrected chi connectivity index (χ1v) is 27.0. The van der Waals surface area contributed by atoms with Crippen molar-refractivity contribution in [3.8, 4) is 0 Å². The molecule has 4 N–H and O–H groups in total. The highest BCUT2D eigenvalue weighted by Gasteiger charge is 2.20. The number of aliphatic hydroxyl groups is 3. The maximum atomic E-state index is 12.5. The van der Waals surface area contributed by atoms with Gasteiger partial charge in [0.25, 0.3) is 0 Å². The SMILES string of the molecule is CCCCCCCCCCCCCCCCCCCCCCCCC/C=C/C(O)C(CO)NC(=O)CC(O)CCCCCCCCCCCCCCCCCCCCC. The predicted octanol–water partition coefficient (Wildman–Crippen LogP) is 16.3. The Morgan fingerprint density at radius 3 is 0.983 bits per heavy atom. The molecule has 0 aliphatic rings. The number of aliphatic hydroxyl groups excluding tert-OH is 3. The maximum Gasteiger partial charge on any atom is 0.222 e. The third-order valence-corrected chi connectivity index (χ3v) is 12.8. The van der Waals surface area contributed by atoms with E-state index < -0.39 is 18.2 Å². The van der Waals surface area contributed by atoms with Crippen LogP contribution >= 0.6 is 0 Å². The molecule has 0 rings (SSSR count). The zero-order chi connectivity index (χ0) is 43.0. The van der Waals surface area contributed by atoms with Crippen molar-refractivity contribution in [1.29, 1.82) is 0 Å². The summed E-state index contributed by atoms with van der Waals surface area (Å²) in [7, 11) is 0. The molecule has 1 amide bonds. The van der Waals surface area contributed by atoms with Gasteiger partial charge in [-0.15, -0.1) is 0 Å². The lowest BCUT2D eigenvalue weighted by Gasteiger charge is -2.21.